The lowest BCUT2D eigenvalue weighted by molar-refractivity contribution is -0.129. The van der Waals surface area contributed by atoms with Crippen LogP contribution in [0.25, 0.3) is 0 Å². The summed E-state index contributed by atoms with van der Waals surface area (Å²) in [4.78, 5) is 44.1. The second kappa shape index (κ2) is 26.1. The Labute approximate surface area is 221 Å². The van der Waals surface area contributed by atoms with Gasteiger partial charge >= 0.3 is 7.12 Å². The van der Waals surface area contributed by atoms with Crippen LogP contribution in [0.15, 0.2) is 30.3 Å². The van der Waals surface area contributed by atoms with E-state index >= 15 is 0 Å². The van der Waals surface area contributed by atoms with Crippen LogP contribution in [0, 0.1) is 5.92 Å². The minimum Gasteiger partial charge on any atom is -0.426 e. The van der Waals surface area contributed by atoms with Crippen molar-refractivity contribution in [2.75, 3.05) is 26.6 Å². The Bertz CT molecular complexity index is 718. The maximum atomic E-state index is 12.2. The highest BCUT2D eigenvalue weighted by atomic mass is 16.4. The van der Waals surface area contributed by atoms with Crippen LogP contribution in [0.5, 0.6) is 0 Å². The monoisotopic (exact) mass is 526 g/mol. The van der Waals surface area contributed by atoms with Gasteiger partial charge in [-0.25, -0.2) is 0 Å². The average Bonchev–Trinajstić information content (AvgIpc) is 2.82. The predicted molar refractivity (Wildman–Crippen MR) is 147 cm³/mol. The van der Waals surface area contributed by atoms with Crippen LogP contribution >= 0.6 is 0 Å². The summed E-state index contributed by atoms with van der Waals surface area (Å²) in [6.07, 6.45) is 1.33. The Morgan fingerprint density at radius 2 is 1.54 bits per heavy atom. The number of carbonyl (C=O) groups is 4. The quantitative estimate of drug-likeness (QED) is 0.128. The number of amides is 4. The Balaban J connectivity index is -0.000000802. The van der Waals surface area contributed by atoms with E-state index in [4.69, 9.17) is 20.6 Å². The van der Waals surface area contributed by atoms with E-state index in [0.717, 1.165) is 18.0 Å². The summed E-state index contributed by atoms with van der Waals surface area (Å²) >= 11 is 0. The molecule has 0 aliphatic rings. The summed E-state index contributed by atoms with van der Waals surface area (Å²) < 4.78 is 0. The summed E-state index contributed by atoms with van der Waals surface area (Å²) in [5.74, 6) is -0.777. The Hall–Kier alpha value is -3.00. The van der Waals surface area contributed by atoms with Gasteiger partial charge in [0.1, 0.15) is 6.04 Å². The van der Waals surface area contributed by atoms with Crippen molar-refractivity contribution >= 4 is 31.3 Å². The first-order valence-electron chi connectivity index (χ1n) is 12.2. The molecule has 0 heterocycles. The summed E-state index contributed by atoms with van der Waals surface area (Å²) in [6.45, 7) is 11.0. The first kappa shape index (κ1) is 38.5. The smallest absolute Gasteiger partial charge is 0.426 e. The molecule has 1 aromatic carbocycles. The first-order valence-corrected chi connectivity index (χ1v) is 12.2. The predicted octanol–water partition coefficient (Wildman–Crippen LogP) is -1.31. The number of hydrogen-bond acceptors (Lipinski definition) is 8. The molecule has 4 amide bonds. The van der Waals surface area contributed by atoms with Gasteiger partial charge in [0.15, 0.2) is 0 Å². The van der Waals surface area contributed by atoms with E-state index in [-0.39, 0.29) is 25.8 Å². The Morgan fingerprint density at radius 1 is 1.03 bits per heavy atom. The SMILES string of the molecule is CC(C)C.CC(N)C(=O)NCC(=O)NC(Cc1ccccc1)C(=O)NCB(O)O.CCCNC.NC=O. The minimum absolute atomic E-state index is 0.209. The third kappa shape index (κ3) is 29.1. The van der Waals surface area contributed by atoms with Gasteiger partial charge in [-0.05, 0) is 38.4 Å². The van der Waals surface area contributed by atoms with Crippen LogP contribution in [-0.4, -0.2) is 80.0 Å². The number of hydrogen-bond donors (Lipinski definition) is 8. The van der Waals surface area contributed by atoms with E-state index in [9.17, 15) is 14.4 Å². The minimum atomic E-state index is -1.69. The van der Waals surface area contributed by atoms with Crippen LogP contribution in [0.2, 0.25) is 0 Å². The van der Waals surface area contributed by atoms with Crippen LogP contribution in [0.4, 0.5) is 0 Å². The molecule has 1 rings (SSSR count). The largest absolute Gasteiger partial charge is 0.472 e. The van der Waals surface area contributed by atoms with Crippen molar-refractivity contribution in [3.05, 3.63) is 35.9 Å². The highest BCUT2D eigenvalue weighted by molar-refractivity contribution is 6.41. The highest BCUT2D eigenvalue weighted by Gasteiger charge is 2.22. The zero-order valence-corrected chi connectivity index (χ0v) is 23.0. The van der Waals surface area contributed by atoms with Gasteiger partial charge in [0.25, 0.3) is 0 Å². The molecule has 0 bridgehead atoms. The molecule has 1 aromatic rings. The maximum Gasteiger partial charge on any atom is 0.472 e. The van der Waals surface area contributed by atoms with Gasteiger partial charge in [-0.2, -0.15) is 0 Å². The standard InChI is InChI=1S/C15H23BN4O5.C4H11N.C4H10.CH3NO/c1-10(17)14(22)18-8-13(21)20-12(15(23)19-9-16(24)25)7-11-5-3-2-4-6-11;1-3-4-5-2;1-4(2)3;2-1-3/h2-6,10,12,24-25H,7-9,17H2,1H3,(H,18,22)(H,19,23)(H,20,21);5H,3-4H2,1-2H3;4H,1-3H3;1H,(H2,2,3). The van der Waals surface area contributed by atoms with Gasteiger partial charge in [-0.1, -0.05) is 58.0 Å². The number of carbonyl (C=O) groups excluding carboxylic acids is 4. The molecule has 0 saturated heterocycles. The fourth-order valence-electron chi connectivity index (χ4n) is 2.20. The first-order chi connectivity index (χ1) is 17.4. The van der Waals surface area contributed by atoms with Crippen molar-refractivity contribution in [3.63, 3.8) is 0 Å². The molecular formula is C24H47BN6O6. The molecule has 0 aliphatic carbocycles. The van der Waals surface area contributed by atoms with E-state index in [0.29, 0.717) is 0 Å². The molecule has 0 spiro atoms. The molecule has 10 N–H and O–H groups in total. The number of primary amides is 1. The van der Waals surface area contributed by atoms with Crippen molar-refractivity contribution < 1.29 is 29.2 Å². The molecule has 2 atom stereocenters. The van der Waals surface area contributed by atoms with Gasteiger partial charge in [0.05, 0.1) is 19.0 Å². The topological polar surface area (TPSA) is 209 Å². The molecular weight excluding hydrogens is 479 g/mol. The zero-order chi connectivity index (χ0) is 29.2. The fourth-order valence-corrected chi connectivity index (χ4v) is 2.20. The number of rotatable bonds is 11. The van der Waals surface area contributed by atoms with Gasteiger partial charge in [-0.15, -0.1) is 0 Å². The van der Waals surface area contributed by atoms with E-state index in [1.54, 1.807) is 24.3 Å². The van der Waals surface area contributed by atoms with E-state index in [1.165, 1.54) is 13.3 Å². The van der Waals surface area contributed by atoms with E-state index < -0.39 is 36.9 Å². The molecule has 13 heteroatoms. The van der Waals surface area contributed by atoms with Crippen LogP contribution in [-0.2, 0) is 25.6 Å². The van der Waals surface area contributed by atoms with E-state index in [2.05, 4.69) is 54.7 Å². The second-order valence-corrected chi connectivity index (χ2v) is 8.51. The second-order valence-electron chi connectivity index (χ2n) is 8.51. The highest BCUT2D eigenvalue weighted by Crippen LogP contribution is 2.03. The van der Waals surface area contributed by atoms with Gasteiger partial charge in [-0.3, -0.25) is 19.2 Å². The summed E-state index contributed by atoms with van der Waals surface area (Å²) in [7, 11) is 0.270. The van der Waals surface area contributed by atoms with Crippen LogP contribution < -0.4 is 32.7 Å². The van der Waals surface area contributed by atoms with Gasteiger partial charge in [0, 0.05) is 6.42 Å². The zero-order valence-electron chi connectivity index (χ0n) is 23.0. The number of benzene rings is 1. The molecule has 0 saturated carbocycles. The fraction of sp³-hybridized carbons (Fsp3) is 0.583. The summed E-state index contributed by atoms with van der Waals surface area (Å²) in [6, 6.07) is 7.33. The van der Waals surface area contributed by atoms with Crippen LogP contribution in [0.3, 0.4) is 0 Å². The normalized spacial score (nSPS) is 11.0. The molecule has 0 aromatic heterocycles. The molecule has 37 heavy (non-hydrogen) atoms. The average molecular weight is 526 g/mol. The molecule has 2 unspecified atom stereocenters. The van der Waals surface area contributed by atoms with Crippen molar-refractivity contribution in [1.82, 2.24) is 21.3 Å². The summed E-state index contributed by atoms with van der Waals surface area (Å²) in [5.41, 5.74) is 10.4. The summed E-state index contributed by atoms with van der Waals surface area (Å²) in [5, 5.41) is 27.9. The number of nitrogens with two attached hydrogens (primary N) is 2. The molecule has 212 valence electrons. The molecule has 12 nitrogen and oxygen atoms in total. The maximum absolute atomic E-state index is 12.2. The molecule has 0 radical (unpaired) electrons. The van der Waals surface area contributed by atoms with E-state index in [1.807, 2.05) is 13.1 Å². The van der Waals surface area contributed by atoms with Gasteiger partial charge in [0.2, 0.25) is 24.1 Å². The number of nitrogens with one attached hydrogen (secondary N) is 4. The van der Waals surface area contributed by atoms with Crippen molar-refractivity contribution in [2.24, 2.45) is 17.4 Å². The van der Waals surface area contributed by atoms with Crippen molar-refractivity contribution in [2.45, 2.75) is 59.5 Å². The molecule has 0 aliphatic heterocycles. The lowest BCUT2D eigenvalue weighted by Crippen LogP contribution is -2.52. The Kier molecular flexibility index (Phi) is 27.2. The Morgan fingerprint density at radius 3 is 1.92 bits per heavy atom. The van der Waals surface area contributed by atoms with Crippen molar-refractivity contribution in [1.29, 1.82) is 0 Å². The van der Waals surface area contributed by atoms with Crippen LogP contribution in [0.1, 0.15) is 46.6 Å². The third-order valence-corrected chi connectivity index (χ3v) is 3.73. The lowest BCUT2D eigenvalue weighted by atomic mass is 9.92. The third-order valence-electron chi connectivity index (χ3n) is 3.73. The van der Waals surface area contributed by atoms with Gasteiger partial charge < -0.3 is 42.8 Å². The lowest BCUT2D eigenvalue weighted by Gasteiger charge is -2.19. The molecule has 0 fully saturated rings. The van der Waals surface area contributed by atoms with Crippen molar-refractivity contribution in [3.8, 4) is 0 Å².